The van der Waals surface area contributed by atoms with E-state index in [0.29, 0.717) is 11.5 Å². The van der Waals surface area contributed by atoms with Crippen molar-refractivity contribution in [2.24, 2.45) is 0 Å². The van der Waals surface area contributed by atoms with Crippen molar-refractivity contribution >= 4 is 17.3 Å². The molecular weight excluding hydrogens is 264 g/mol. The first kappa shape index (κ1) is 13.6. The number of rotatable bonds is 4. The highest BCUT2D eigenvalue weighted by Crippen LogP contribution is 2.40. The van der Waals surface area contributed by atoms with Crippen LogP contribution in [0.4, 0.5) is 11.4 Å². The smallest absolute Gasteiger partial charge is 0.296 e. The van der Waals surface area contributed by atoms with E-state index in [9.17, 15) is 14.9 Å². The number of nitro benzene ring substituents is 1. The van der Waals surface area contributed by atoms with E-state index in [4.69, 9.17) is 9.47 Å². The fourth-order valence-corrected chi connectivity index (χ4v) is 1.61. The first-order valence-electron chi connectivity index (χ1n) is 5.80. The Morgan fingerprint density at radius 3 is 2.70 bits per heavy atom. The quantitative estimate of drug-likeness (QED) is 0.394. The number of nitrogens with zero attached hydrogens (tertiary/aromatic N) is 1. The van der Waals surface area contributed by atoms with Gasteiger partial charge in [0.1, 0.15) is 5.69 Å². The van der Waals surface area contributed by atoms with Crippen LogP contribution >= 0.6 is 0 Å². The van der Waals surface area contributed by atoms with Gasteiger partial charge in [0.2, 0.25) is 12.7 Å². The lowest BCUT2D eigenvalue weighted by Gasteiger charge is -2.05. The SMILES string of the molecule is C/C=C/C=C/C(=O)Nc1cc2c(cc1[N+](=O)[O-])OCO2. The van der Waals surface area contributed by atoms with E-state index in [2.05, 4.69) is 5.32 Å². The lowest BCUT2D eigenvalue weighted by atomic mass is 10.2. The molecule has 0 spiro atoms. The standard InChI is InChI=1S/C13H12N2O5/c1-2-3-4-5-13(16)14-9-6-11-12(20-8-19-11)7-10(9)15(17)18/h2-7H,8H2,1H3,(H,14,16)/b3-2+,5-4+. The van der Waals surface area contributed by atoms with Crippen LogP contribution in [0.2, 0.25) is 0 Å². The molecule has 7 nitrogen and oxygen atoms in total. The van der Waals surface area contributed by atoms with Crippen LogP contribution in [-0.2, 0) is 4.79 Å². The number of amides is 1. The number of carbonyl (C=O) groups is 1. The van der Waals surface area contributed by atoms with Crippen LogP contribution in [0, 0.1) is 10.1 Å². The maximum atomic E-state index is 11.6. The fourth-order valence-electron chi connectivity index (χ4n) is 1.61. The number of allylic oxidation sites excluding steroid dienone is 3. The van der Waals surface area contributed by atoms with Crippen LogP contribution in [-0.4, -0.2) is 17.6 Å². The van der Waals surface area contributed by atoms with Gasteiger partial charge in [-0.05, 0) is 6.92 Å². The Morgan fingerprint density at radius 2 is 2.05 bits per heavy atom. The first-order chi connectivity index (χ1) is 9.61. The van der Waals surface area contributed by atoms with Gasteiger partial charge in [0.15, 0.2) is 11.5 Å². The van der Waals surface area contributed by atoms with Crippen molar-refractivity contribution in [2.75, 3.05) is 12.1 Å². The van der Waals surface area contributed by atoms with Gasteiger partial charge in [-0.3, -0.25) is 14.9 Å². The molecule has 1 aliphatic rings. The fraction of sp³-hybridized carbons (Fsp3) is 0.154. The van der Waals surface area contributed by atoms with Gasteiger partial charge in [-0.15, -0.1) is 0 Å². The molecule has 2 rings (SSSR count). The highest BCUT2D eigenvalue weighted by Gasteiger charge is 2.23. The molecule has 0 radical (unpaired) electrons. The molecule has 20 heavy (non-hydrogen) atoms. The molecule has 0 unspecified atom stereocenters. The summed E-state index contributed by atoms with van der Waals surface area (Å²) in [6.07, 6.45) is 6.24. The molecule has 1 amide bonds. The van der Waals surface area contributed by atoms with Crippen molar-refractivity contribution in [1.82, 2.24) is 0 Å². The minimum absolute atomic E-state index is 0.00504. The number of nitrogens with one attached hydrogen (secondary N) is 1. The van der Waals surface area contributed by atoms with Crippen LogP contribution in [0.25, 0.3) is 0 Å². The maximum Gasteiger partial charge on any atom is 0.296 e. The molecule has 0 saturated carbocycles. The Morgan fingerprint density at radius 1 is 1.35 bits per heavy atom. The van der Waals surface area contributed by atoms with Crippen LogP contribution < -0.4 is 14.8 Å². The molecule has 0 aromatic heterocycles. The molecule has 104 valence electrons. The third-order valence-corrected chi connectivity index (χ3v) is 2.50. The van der Waals surface area contributed by atoms with Crippen molar-refractivity contribution in [3.8, 4) is 11.5 Å². The monoisotopic (exact) mass is 276 g/mol. The predicted octanol–water partition coefficient (Wildman–Crippen LogP) is 2.39. The molecule has 1 N–H and O–H groups in total. The van der Waals surface area contributed by atoms with Crippen LogP contribution in [0.3, 0.4) is 0 Å². The lowest BCUT2D eigenvalue weighted by Crippen LogP contribution is -2.09. The number of carbonyl (C=O) groups excluding carboxylic acids is 1. The summed E-state index contributed by atoms with van der Waals surface area (Å²) in [5.41, 5.74) is -0.184. The Hall–Kier alpha value is -2.83. The summed E-state index contributed by atoms with van der Waals surface area (Å²) in [6.45, 7) is 1.82. The van der Waals surface area contributed by atoms with Crippen LogP contribution in [0.5, 0.6) is 11.5 Å². The third kappa shape index (κ3) is 2.94. The summed E-state index contributed by atoms with van der Waals surface area (Å²) in [5.74, 6) is 0.188. The van der Waals surface area contributed by atoms with E-state index in [1.165, 1.54) is 24.3 Å². The molecule has 1 heterocycles. The van der Waals surface area contributed by atoms with E-state index in [-0.39, 0.29) is 18.2 Å². The minimum atomic E-state index is -0.590. The number of benzene rings is 1. The van der Waals surface area contributed by atoms with Crippen molar-refractivity contribution in [2.45, 2.75) is 6.92 Å². The van der Waals surface area contributed by atoms with Gasteiger partial charge in [-0.2, -0.15) is 0 Å². The minimum Gasteiger partial charge on any atom is -0.454 e. The normalized spacial score (nSPS) is 13.1. The second-order valence-electron chi connectivity index (χ2n) is 3.85. The number of hydrogen-bond donors (Lipinski definition) is 1. The summed E-state index contributed by atoms with van der Waals surface area (Å²) >= 11 is 0. The first-order valence-corrected chi connectivity index (χ1v) is 5.80. The Balaban J connectivity index is 2.26. The summed E-state index contributed by atoms with van der Waals surface area (Å²) in [6, 6.07) is 2.61. The Bertz CT molecular complexity index is 607. The molecule has 0 fully saturated rings. The van der Waals surface area contributed by atoms with Crippen molar-refractivity contribution in [3.05, 3.63) is 46.6 Å². The van der Waals surface area contributed by atoms with Gasteiger partial charge >= 0.3 is 0 Å². The summed E-state index contributed by atoms with van der Waals surface area (Å²) < 4.78 is 10.2. The van der Waals surface area contributed by atoms with Crippen molar-refractivity contribution < 1.29 is 19.2 Å². The maximum absolute atomic E-state index is 11.6. The zero-order chi connectivity index (χ0) is 14.5. The average Bonchev–Trinajstić information content (AvgIpc) is 2.85. The molecular formula is C13H12N2O5. The number of anilines is 1. The van der Waals surface area contributed by atoms with Gasteiger partial charge in [-0.25, -0.2) is 0 Å². The molecule has 0 bridgehead atoms. The summed E-state index contributed by atoms with van der Waals surface area (Å²) in [7, 11) is 0. The molecule has 7 heteroatoms. The molecule has 0 saturated heterocycles. The van der Waals surface area contributed by atoms with Gasteiger partial charge in [0.05, 0.1) is 11.0 Å². The highest BCUT2D eigenvalue weighted by atomic mass is 16.7. The Kier molecular flexibility index (Phi) is 3.99. The predicted molar refractivity (Wildman–Crippen MR) is 71.8 cm³/mol. The van der Waals surface area contributed by atoms with E-state index in [0.717, 1.165) is 0 Å². The van der Waals surface area contributed by atoms with Crippen molar-refractivity contribution in [1.29, 1.82) is 0 Å². The summed E-state index contributed by atoms with van der Waals surface area (Å²) in [4.78, 5) is 22.0. The van der Waals surface area contributed by atoms with Crippen LogP contribution in [0.1, 0.15) is 6.92 Å². The largest absolute Gasteiger partial charge is 0.454 e. The van der Waals surface area contributed by atoms with Crippen molar-refractivity contribution in [3.63, 3.8) is 0 Å². The number of fused-ring (bicyclic) bond motifs is 1. The molecule has 0 atom stereocenters. The van der Waals surface area contributed by atoms with E-state index in [1.54, 1.807) is 12.2 Å². The van der Waals surface area contributed by atoms with Gasteiger partial charge < -0.3 is 14.8 Å². The third-order valence-electron chi connectivity index (χ3n) is 2.50. The van der Waals surface area contributed by atoms with Gasteiger partial charge in [0.25, 0.3) is 5.69 Å². The Labute approximate surface area is 114 Å². The molecule has 0 aliphatic carbocycles. The second kappa shape index (κ2) is 5.87. The highest BCUT2D eigenvalue weighted by molar-refractivity contribution is 6.01. The second-order valence-corrected chi connectivity index (χ2v) is 3.85. The zero-order valence-corrected chi connectivity index (χ0v) is 10.7. The van der Waals surface area contributed by atoms with E-state index < -0.39 is 10.8 Å². The molecule has 1 aromatic rings. The number of ether oxygens (including phenoxy) is 2. The summed E-state index contributed by atoms with van der Waals surface area (Å²) in [5, 5.41) is 13.4. The van der Waals surface area contributed by atoms with E-state index in [1.807, 2.05) is 6.92 Å². The molecule has 1 aromatic carbocycles. The molecule has 1 aliphatic heterocycles. The average molecular weight is 276 g/mol. The van der Waals surface area contributed by atoms with Crippen LogP contribution in [0.15, 0.2) is 36.4 Å². The van der Waals surface area contributed by atoms with Gasteiger partial charge in [-0.1, -0.05) is 18.2 Å². The van der Waals surface area contributed by atoms with E-state index >= 15 is 0 Å². The zero-order valence-electron chi connectivity index (χ0n) is 10.7. The van der Waals surface area contributed by atoms with Gasteiger partial charge in [0, 0.05) is 12.1 Å². The lowest BCUT2D eigenvalue weighted by molar-refractivity contribution is -0.384. The topological polar surface area (TPSA) is 90.7 Å². The number of hydrogen-bond acceptors (Lipinski definition) is 5. The number of nitro groups is 1.